The number of pyridine rings is 1. The second-order valence-corrected chi connectivity index (χ2v) is 5.04. The van der Waals surface area contributed by atoms with Crippen LogP contribution >= 0.6 is 15.9 Å². The highest BCUT2D eigenvalue weighted by Gasteiger charge is 2.17. The summed E-state index contributed by atoms with van der Waals surface area (Å²) in [5.41, 5.74) is 3.41. The molecule has 0 bridgehead atoms. The first-order valence-corrected chi connectivity index (χ1v) is 7.03. The molecule has 0 aromatic carbocycles. The molecule has 0 unspecified atom stereocenters. The van der Waals surface area contributed by atoms with Crippen LogP contribution in [0, 0.1) is 0 Å². The summed E-state index contributed by atoms with van der Waals surface area (Å²) in [5, 5.41) is 4.95. The second kappa shape index (κ2) is 6.83. The molecule has 2 rings (SSSR count). The quantitative estimate of drug-likeness (QED) is 0.870. The fourth-order valence-electron chi connectivity index (χ4n) is 1.80. The highest BCUT2D eigenvalue weighted by molar-refractivity contribution is 9.10. The minimum absolute atomic E-state index is 0.161. The third-order valence-electron chi connectivity index (χ3n) is 2.71. The van der Waals surface area contributed by atoms with Crippen molar-refractivity contribution in [2.45, 2.75) is 6.92 Å². The first kappa shape index (κ1) is 14.2. The van der Waals surface area contributed by atoms with Crippen LogP contribution in [-0.2, 0) is 4.74 Å². The number of hydrogen-bond acceptors (Lipinski definition) is 5. The van der Waals surface area contributed by atoms with E-state index in [-0.39, 0.29) is 5.91 Å². The van der Waals surface area contributed by atoms with Crippen molar-refractivity contribution in [3.63, 3.8) is 0 Å². The minimum atomic E-state index is -0.161. The van der Waals surface area contributed by atoms with Gasteiger partial charge in [0.1, 0.15) is 5.82 Å². The number of morpholine rings is 1. The summed E-state index contributed by atoms with van der Waals surface area (Å²) >= 11 is 3.34. The summed E-state index contributed by atoms with van der Waals surface area (Å²) in [7, 11) is 0. The maximum absolute atomic E-state index is 12.3. The van der Waals surface area contributed by atoms with Crippen LogP contribution in [0.5, 0.6) is 0 Å². The third kappa shape index (κ3) is 3.89. The molecule has 0 saturated carbocycles. The molecule has 1 fully saturated rings. The van der Waals surface area contributed by atoms with Gasteiger partial charge in [-0.25, -0.2) is 9.99 Å². The number of rotatable bonds is 4. The predicted molar refractivity (Wildman–Crippen MR) is 76.0 cm³/mol. The van der Waals surface area contributed by atoms with Crippen molar-refractivity contribution in [1.29, 1.82) is 0 Å². The second-order valence-electron chi connectivity index (χ2n) is 4.12. The SMILES string of the molecule is CCNc1ncc(Br)cc1C(=O)NN1CCOCC1. The lowest BCUT2D eigenvalue weighted by molar-refractivity contribution is 0.0126. The molecule has 0 atom stereocenters. The fourth-order valence-corrected chi connectivity index (χ4v) is 2.13. The molecule has 1 amide bonds. The number of hydrazine groups is 1. The van der Waals surface area contributed by atoms with Crippen LogP contribution in [0.1, 0.15) is 17.3 Å². The van der Waals surface area contributed by atoms with Gasteiger partial charge in [0, 0.05) is 30.3 Å². The van der Waals surface area contributed by atoms with Crippen LogP contribution in [0.15, 0.2) is 16.7 Å². The first-order chi connectivity index (χ1) is 9.20. The Labute approximate surface area is 120 Å². The van der Waals surface area contributed by atoms with E-state index in [1.807, 2.05) is 11.9 Å². The van der Waals surface area contributed by atoms with Gasteiger partial charge in [0.25, 0.3) is 5.91 Å². The van der Waals surface area contributed by atoms with Gasteiger partial charge in [-0.3, -0.25) is 10.2 Å². The van der Waals surface area contributed by atoms with E-state index in [0.717, 1.165) is 4.47 Å². The number of amides is 1. The molecule has 104 valence electrons. The van der Waals surface area contributed by atoms with Gasteiger partial charge >= 0.3 is 0 Å². The third-order valence-corrected chi connectivity index (χ3v) is 3.15. The predicted octanol–water partition coefficient (Wildman–Crippen LogP) is 1.25. The molecular weight excluding hydrogens is 312 g/mol. The molecule has 2 N–H and O–H groups in total. The van der Waals surface area contributed by atoms with E-state index >= 15 is 0 Å². The first-order valence-electron chi connectivity index (χ1n) is 6.24. The lowest BCUT2D eigenvalue weighted by atomic mass is 10.2. The fraction of sp³-hybridized carbons (Fsp3) is 0.500. The summed E-state index contributed by atoms with van der Waals surface area (Å²) in [6.07, 6.45) is 1.67. The number of carbonyl (C=O) groups is 1. The summed E-state index contributed by atoms with van der Waals surface area (Å²) < 4.78 is 6.02. The molecule has 0 aliphatic carbocycles. The largest absolute Gasteiger partial charge is 0.379 e. The summed E-state index contributed by atoms with van der Waals surface area (Å²) in [4.78, 5) is 16.5. The van der Waals surface area contributed by atoms with Gasteiger partial charge in [0.2, 0.25) is 0 Å². The summed E-state index contributed by atoms with van der Waals surface area (Å²) in [5.74, 6) is 0.433. The van der Waals surface area contributed by atoms with Crippen LogP contribution in [0.25, 0.3) is 0 Å². The highest BCUT2D eigenvalue weighted by atomic mass is 79.9. The Balaban J connectivity index is 2.10. The van der Waals surface area contributed by atoms with E-state index in [1.54, 1.807) is 12.3 Å². The lowest BCUT2D eigenvalue weighted by Crippen LogP contribution is -2.48. The maximum atomic E-state index is 12.3. The van der Waals surface area contributed by atoms with Crippen molar-refractivity contribution in [2.75, 3.05) is 38.2 Å². The number of ether oxygens (including phenoxy) is 1. The average molecular weight is 329 g/mol. The molecule has 1 aromatic heterocycles. The van der Waals surface area contributed by atoms with Crippen molar-refractivity contribution >= 4 is 27.7 Å². The van der Waals surface area contributed by atoms with E-state index in [9.17, 15) is 4.79 Å². The van der Waals surface area contributed by atoms with Gasteiger partial charge in [0.05, 0.1) is 18.8 Å². The van der Waals surface area contributed by atoms with Crippen molar-refractivity contribution in [1.82, 2.24) is 15.4 Å². The maximum Gasteiger partial charge on any atom is 0.269 e. The van der Waals surface area contributed by atoms with Crippen LogP contribution in [-0.4, -0.2) is 48.7 Å². The van der Waals surface area contributed by atoms with E-state index in [0.29, 0.717) is 44.2 Å². The molecule has 1 aliphatic rings. The van der Waals surface area contributed by atoms with Crippen molar-refractivity contribution in [3.8, 4) is 0 Å². The van der Waals surface area contributed by atoms with Crippen LogP contribution in [0.2, 0.25) is 0 Å². The lowest BCUT2D eigenvalue weighted by Gasteiger charge is -2.27. The Kier molecular flexibility index (Phi) is 5.12. The number of anilines is 1. The zero-order valence-electron chi connectivity index (χ0n) is 10.8. The number of aromatic nitrogens is 1. The standard InChI is InChI=1S/C12H17BrN4O2/c1-2-14-11-10(7-9(13)8-15-11)12(18)16-17-3-5-19-6-4-17/h7-8H,2-6H2,1H3,(H,14,15)(H,16,18). The zero-order valence-corrected chi connectivity index (χ0v) is 12.4. The van der Waals surface area contributed by atoms with E-state index in [4.69, 9.17) is 4.74 Å². The number of carbonyl (C=O) groups excluding carboxylic acids is 1. The van der Waals surface area contributed by atoms with Crippen molar-refractivity contribution in [3.05, 3.63) is 22.3 Å². The van der Waals surface area contributed by atoms with Gasteiger partial charge in [-0.05, 0) is 28.9 Å². The van der Waals surface area contributed by atoms with Crippen molar-refractivity contribution in [2.24, 2.45) is 0 Å². The molecular formula is C12H17BrN4O2. The Morgan fingerprint density at radius 3 is 2.95 bits per heavy atom. The van der Waals surface area contributed by atoms with Gasteiger partial charge in [0.15, 0.2) is 0 Å². The highest BCUT2D eigenvalue weighted by Crippen LogP contribution is 2.18. The molecule has 0 radical (unpaired) electrons. The molecule has 1 aliphatic heterocycles. The van der Waals surface area contributed by atoms with Gasteiger partial charge in [-0.1, -0.05) is 0 Å². The number of hydrogen-bond donors (Lipinski definition) is 2. The molecule has 1 aromatic rings. The Morgan fingerprint density at radius 2 is 2.26 bits per heavy atom. The topological polar surface area (TPSA) is 66.5 Å². The summed E-state index contributed by atoms with van der Waals surface area (Å²) in [6.45, 7) is 5.35. The number of nitrogens with one attached hydrogen (secondary N) is 2. The van der Waals surface area contributed by atoms with Crippen LogP contribution in [0.4, 0.5) is 5.82 Å². The smallest absolute Gasteiger partial charge is 0.269 e. The average Bonchev–Trinajstić information content (AvgIpc) is 2.42. The van der Waals surface area contributed by atoms with Gasteiger partial charge in [-0.2, -0.15) is 0 Å². The Hall–Kier alpha value is -1.18. The van der Waals surface area contributed by atoms with E-state index in [1.165, 1.54) is 0 Å². The minimum Gasteiger partial charge on any atom is -0.379 e. The molecule has 1 saturated heterocycles. The zero-order chi connectivity index (χ0) is 13.7. The molecule has 7 heteroatoms. The van der Waals surface area contributed by atoms with Gasteiger partial charge in [-0.15, -0.1) is 0 Å². The number of nitrogens with zero attached hydrogens (tertiary/aromatic N) is 2. The van der Waals surface area contributed by atoms with E-state index in [2.05, 4.69) is 31.7 Å². The molecule has 6 nitrogen and oxygen atoms in total. The molecule has 2 heterocycles. The number of halogens is 1. The molecule has 19 heavy (non-hydrogen) atoms. The van der Waals surface area contributed by atoms with E-state index < -0.39 is 0 Å². The summed E-state index contributed by atoms with van der Waals surface area (Å²) in [6, 6.07) is 1.76. The van der Waals surface area contributed by atoms with Crippen LogP contribution in [0.3, 0.4) is 0 Å². The van der Waals surface area contributed by atoms with Crippen molar-refractivity contribution < 1.29 is 9.53 Å². The monoisotopic (exact) mass is 328 g/mol. The Morgan fingerprint density at radius 1 is 1.53 bits per heavy atom. The van der Waals surface area contributed by atoms with Crippen LogP contribution < -0.4 is 10.7 Å². The molecule has 0 spiro atoms. The Bertz CT molecular complexity index is 449. The van der Waals surface area contributed by atoms with Gasteiger partial charge < -0.3 is 10.1 Å². The normalized spacial score (nSPS) is 16.1.